The van der Waals surface area contributed by atoms with E-state index in [9.17, 15) is 4.39 Å². The molecule has 0 aliphatic carbocycles. The molecule has 5 rings (SSSR count). The van der Waals surface area contributed by atoms with E-state index in [0.717, 1.165) is 48.4 Å². The van der Waals surface area contributed by atoms with Gasteiger partial charge in [0.1, 0.15) is 17.9 Å². The summed E-state index contributed by atoms with van der Waals surface area (Å²) >= 11 is 0. The fourth-order valence-electron chi connectivity index (χ4n) is 4.43. The number of halogens is 1. The molecule has 0 bridgehead atoms. The minimum Gasteiger partial charge on any atom is -0.493 e. The van der Waals surface area contributed by atoms with Crippen molar-refractivity contribution >= 4 is 11.6 Å². The molecule has 0 radical (unpaired) electrons. The number of hydrogen-bond donors (Lipinski definition) is 1. The van der Waals surface area contributed by atoms with E-state index in [-0.39, 0.29) is 11.4 Å². The molecule has 29 heavy (non-hydrogen) atoms. The van der Waals surface area contributed by atoms with Gasteiger partial charge >= 0.3 is 0 Å². The number of anilines is 1. The number of benzene rings is 1. The van der Waals surface area contributed by atoms with Crippen molar-refractivity contribution in [1.82, 2.24) is 19.6 Å². The van der Waals surface area contributed by atoms with E-state index >= 15 is 0 Å². The van der Waals surface area contributed by atoms with Gasteiger partial charge in [0.2, 0.25) is 5.95 Å². The Morgan fingerprint density at radius 2 is 2.21 bits per heavy atom. The van der Waals surface area contributed by atoms with Gasteiger partial charge < -0.3 is 14.8 Å². The predicted molar refractivity (Wildman–Crippen MR) is 106 cm³/mol. The first-order valence-electron chi connectivity index (χ1n) is 10.0. The van der Waals surface area contributed by atoms with Gasteiger partial charge in [-0.2, -0.15) is 0 Å². The van der Waals surface area contributed by atoms with Crippen molar-refractivity contribution in [2.45, 2.75) is 51.2 Å². The van der Waals surface area contributed by atoms with Crippen LogP contribution in [0.1, 0.15) is 49.3 Å². The smallest absolute Gasteiger partial charge is 0.210 e. The third kappa shape index (κ3) is 3.31. The molecule has 0 saturated carbocycles. The largest absolute Gasteiger partial charge is 0.493 e. The third-order valence-electron chi connectivity index (χ3n) is 5.86. The van der Waals surface area contributed by atoms with E-state index in [1.54, 1.807) is 12.4 Å². The molecule has 8 heteroatoms. The van der Waals surface area contributed by atoms with Crippen LogP contribution in [0, 0.1) is 5.82 Å². The van der Waals surface area contributed by atoms with Gasteiger partial charge in [-0.15, -0.1) is 10.2 Å². The minimum atomic E-state index is -0.234. The number of rotatable bonds is 4. The molecule has 4 heterocycles. The molecular weight excluding hydrogens is 373 g/mol. The van der Waals surface area contributed by atoms with Gasteiger partial charge in [0, 0.05) is 42.5 Å². The summed E-state index contributed by atoms with van der Waals surface area (Å²) in [6.45, 7) is 5.86. The van der Waals surface area contributed by atoms with Crippen LogP contribution in [0.2, 0.25) is 0 Å². The summed E-state index contributed by atoms with van der Waals surface area (Å²) in [5.41, 5.74) is 3.25. The maximum absolute atomic E-state index is 14.4. The lowest BCUT2D eigenvalue weighted by Crippen LogP contribution is -2.33. The zero-order valence-electron chi connectivity index (χ0n) is 16.6. The number of hydrogen-bond acceptors (Lipinski definition) is 6. The second kappa shape index (κ2) is 6.95. The fraction of sp³-hybridized carbons (Fsp3) is 0.476. The van der Waals surface area contributed by atoms with Crippen molar-refractivity contribution in [3.05, 3.63) is 47.2 Å². The monoisotopic (exact) mass is 397 g/mol. The van der Waals surface area contributed by atoms with Crippen LogP contribution < -0.4 is 10.1 Å². The van der Waals surface area contributed by atoms with E-state index in [2.05, 4.69) is 34.3 Å². The summed E-state index contributed by atoms with van der Waals surface area (Å²) < 4.78 is 27.7. The van der Waals surface area contributed by atoms with Crippen LogP contribution >= 0.6 is 0 Å². The second-order valence-corrected chi connectivity index (χ2v) is 8.31. The molecule has 0 amide bonds. The van der Waals surface area contributed by atoms with Gasteiger partial charge in [-0.3, -0.25) is 4.40 Å². The number of nitrogens with one attached hydrogen (secondary N) is 1. The second-order valence-electron chi connectivity index (χ2n) is 8.31. The lowest BCUT2D eigenvalue weighted by molar-refractivity contribution is -0.0592. The number of ether oxygens (including phenoxy) is 2. The van der Waals surface area contributed by atoms with Crippen molar-refractivity contribution in [2.75, 3.05) is 18.5 Å². The Balaban J connectivity index is 1.43. The highest BCUT2D eigenvalue weighted by Crippen LogP contribution is 2.37. The van der Waals surface area contributed by atoms with E-state index in [0.29, 0.717) is 30.6 Å². The zero-order chi connectivity index (χ0) is 20.0. The molecule has 2 aliphatic rings. The summed E-state index contributed by atoms with van der Waals surface area (Å²) in [5.74, 6) is 1.45. The summed E-state index contributed by atoms with van der Waals surface area (Å²) in [7, 11) is 0. The van der Waals surface area contributed by atoms with Gasteiger partial charge in [0.15, 0.2) is 5.65 Å². The Morgan fingerprint density at radius 3 is 3.07 bits per heavy atom. The Bertz CT molecular complexity index is 1060. The molecule has 1 fully saturated rings. The van der Waals surface area contributed by atoms with Crippen molar-refractivity contribution < 1.29 is 13.9 Å². The van der Waals surface area contributed by atoms with E-state index < -0.39 is 0 Å². The molecule has 1 atom stereocenters. The molecule has 2 aliphatic heterocycles. The standard InChI is InChI=1S/C21H24FN5O2/c1-21(2)9-13(5-8-29-21)15-10-23-20(27-12-25-26-19(15)27)24-11-16-14-6-7-28-18(14)4-3-17(16)22/h3-4,10,12-13H,5-9,11H2,1-2H3,(H,23,24). The van der Waals surface area contributed by atoms with Crippen LogP contribution in [0.25, 0.3) is 5.65 Å². The zero-order valence-corrected chi connectivity index (χ0v) is 16.6. The third-order valence-corrected chi connectivity index (χ3v) is 5.86. The predicted octanol–water partition coefficient (Wildman–Crippen LogP) is 3.48. The number of nitrogens with zero attached hydrogens (tertiary/aromatic N) is 4. The fourth-order valence-corrected chi connectivity index (χ4v) is 4.43. The van der Waals surface area contributed by atoms with Crippen LogP contribution in [0.15, 0.2) is 24.7 Å². The van der Waals surface area contributed by atoms with Crippen LogP contribution in [-0.4, -0.2) is 38.4 Å². The lowest BCUT2D eigenvalue weighted by Gasteiger charge is -2.35. The highest BCUT2D eigenvalue weighted by molar-refractivity contribution is 5.53. The van der Waals surface area contributed by atoms with Gasteiger partial charge in [-0.25, -0.2) is 9.37 Å². The first-order valence-corrected chi connectivity index (χ1v) is 10.0. The van der Waals surface area contributed by atoms with Crippen molar-refractivity contribution in [1.29, 1.82) is 0 Å². The first kappa shape index (κ1) is 18.3. The van der Waals surface area contributed by atoms with Crippen molar-refractivity contribution in [3.63, 3.8) is 0 Å². The normalized spacial score (nSPS) is 20.4. The van der Waals surface area contributed by atoms with Crippen LogP contribution in [0.3, 0.4) is 0 Å². The Hall–Kier alpha value is -2.74. The Morgan fingerprint density at radius 1 is 1.31 bits per heavy atom. The molecule has 1 unspecified atom stereocenters. The quantitative estimate of drug-likeness (QED) is 0.727. The summed E-state index contributed by atoms with van der Waals surface area (Å²) in [5, 5.41) is 11.7. The maximum atomic E-state index is 14.4. The lowest BCUT2D eigenvalue weighted by atomic mass is 9.84. The highest BCUT2D eigenvalue weighted by Gasteiger charge is 2.31. The average molecular weight is 397 g/mol. The minimum absolute atomic E-state index is 0.163. The molecular formula is C21H24FN5O2. The van der Waals surface area contributed by atoms with Gasteiger partial charge in [-0.05, 0) is 44.7 Å². The van der Waals surface area contributed by atoms with Gasteiger partial charge in [-0.1, -0.05) is 0 Å². The Labute approximate surface area is 168 Å². The molecule has 152 valence electrons. The number of aromatic nitrogens is 4. The van der Waals surface area contributed by atoms with Crippen molar-refractivity contribution in [3.8, 4) is 5.75 Å². The molecule has 7 nitrogen and oxygen atoms in total. The first-order chi connectivity index (χ1) is 14.0. The summed E-state index contributed by atoms with van der Waals surface area (Å²) in [4.78, 5) is 4.62. The van der Waals surface area contributed by atoms with Crippen molar-refractivity contribution in [2.24, 2.45) is 0 Å². The number of fused-ring (bicyclic) bond motifs is 2. The summed E-state index contributed by atoms with van der Waals surface area (Å²) in [6, 6.07) is 3.15. The topological polar surface area (TPSA) is 73.6 Å². The van der Waals surface area contributed by atoms with Crippen LogP contribution in [0.5, 0.6) is 5.75 Å². The Kier molecular flexibility index (Phi) is 4.38. The van der Waals surface area contributed by atoms with Gasteiger partial charge in [0.05, 0.1) is 12.2 Å². The average Bonchev–Trinajstić information content (AvgIpc) is 3.36. The van der Waals surface area contributed by atoms with Crippen LogP contribution in [-0.2, 0) is 17.7 Å². The van der Waals surface area contributed by atoms with E-state index in [4.69, 9.17) is 9.47 Å². The van der Waals surface area contributed by atoms with Gasteiger partial charge in [0.25, 0.3) is 0 Å². The maximum Gasteiger partial charge on any atom is 0.210 e. The van der Waals surface area contributed by atoms with Crippen LogP contribution in [0.4, 0.5) is 10.3 Å². The molecule has 1 saturated heterocycles. The SMILES string of the molecule is CC1(C)CC(c2cnc(NCc3c(F)ccc4c3CCO4)n3cnnc23)CCO1. The molecule has 3 aromatic rings. The van der Waals surface area contributed by atoms with E-state index in [1.165, 1.54) is 6.07 Å². The highest BCUT2D eigenvalue weighted by atomic mass is 19.1. The van der Waals surface area contributed by atoms with E-state index in [1.807, 2.05) is 10.6 Å². The molecule has 1 N–H and O–H groups in total. The summed E-state index contributed by atoms with van der Waals surface area (Å²) in [6.07, 6.45) is 6.08. The molecule has 1 aromatic carbocycles. The molecule has 2 aromatic heterocycles. The molecule has 0 spiro atoms.